The van der Waals surface area contributed by atoms with Crippen molar-refractivity contribution in [1.82, 2.24) is 30.3 Å². The number of benzene rings is 1. The van der Waals surface area contributed by atoms with E-state index in [2.05, 4.69) is 32.7 Å². The lowest BCUT2D eigenvalue weighted by Gasteiger charge is -2.31. The van der Waals surface area contributed by atoms with Crippen LogP contribution in [-0.4, -0.2) is 56.0 Å². The van der Waals surface area contributed by atoms with Crippen molar-refractivity contribution in [1.29, 1.82) is 0 Å². The maximum atomic E-state index is 13.5. The highest BCUT2D eigenvalue weighted by molar-refractivity contribution is 7.99. The van der Waals surface area contributed by atoms with Gasteiger partial charge in [-0.2, -0.15) is 0 Å². The van der Waals surface area contributed by atoms with Crippen molar-refractivity contribution in [3.8, 4) is 5.69 Å². The van der Waals surface area contributed by atoms with Crippen LogP contribution in [0.4, 0.5) is 9.18 Å². The molecule has 3 amide bonds. The molecule has 0 radical (unpaired) electrons. The first-order valence-electron chi connectivity index (χ1n) is 10.8. The molecule has 8 nitrogen and oxygen atoms in total. The van der Waals surface area contributed by atoms with E-state index in [0.717, 1.165) is 37.4 Å². The summed E-state index contributed by atoms with van der Waals surface area (Å²) in [7, 11) is 0. The molecule has 3 rings (SSSR count). The lowest BCUT2D eigenvalue weighted by molar-refractivity contribution is -0.117. The predicted octanol–water partition coefficient (Wildman–Crippen LogP) is 3.67. The van der Waals surface area contributed by atoms with Gasteiger partial charge in [0.25, 0.3) is 0 Å². The van der Waals surface area contributed by atoms with Gasteiger partial charge in [-0.25, -0.2) is 9.18 Å². The van der Waals surface area contributed by atoms with Crippen LogP contribution in [-0.2, 0) is 4.79 Å². The molecule has 0 aliphatic carbocycles. The van der Waals surface area contributed by atoms with Gasteiger partial charge in [0.1, 0.15) is 5.82 Å². The summed E-state index contributed by atoms with van der Waals surface area (Å²) in [5.74, 6) is -0.0246. The van der Waals surface area contributed by atoms with E-state index in [1.807, 2.05) is 25.3 Å². The minimum Gasteiger partial charge on any atom is -0.333 e. The number of likely N-dealkylation sites (tertiary alicyclic amines) is 1. The van der Waals surface area contributed by atoms with E-state index in [-0.39, 0.29) is 17.6 Å². The van der Waals surface area contributed by atoms with Crippen LogP contribution in [0.2, 0.25) is 0 Å². The third-order valence-electron chi connectivity index (χ3n) is 5.13. The fourth-order valence-electron chi connectivity index (χ4n) is 3.61. The zero-order valence-corrected chi connectivity index (χ0v) is 19.8. The van der Waals surface area contributed by atoms with E-state index < -0.39 is 17.5 Å². The van der Waals surface area contributed by atoms with Gasteiger partial charge in [0, 0.05) is 11.2 Å². The van der Waals surface area contributed by atoms with Crippen molar-refractivity contribution in [3.05, 3.63) is 35.9 Å². The van der Waals surface area contributed by atoms with Crippen molar-refractivity contribution >= 4 is 23.7 Å². The molecule has 32 heavy (non-hydrogen) atoms. The second-order valence-corrected chi connectivity index (χ2v) is 9.91. The molecule has 1 fully saturated rings. The molecule has 0 bridgehead atoms. The van der Waals surface area contributed by atoms with E-state index >= 15 is 0 Å². The topological polar surface area (TPSA) is 92.1 Å². The Morgan fingerprint density at radius 2 is 1.78 bits per heavy atom. The highest BCUT2D eigenvalue weighted by atomic mass is 32.2. The van der Waals surface area contributed by atoms with Gasteiger partial charge in [-0.3, -0.25) is 19.6 Å². The summed E-state index contributed by atoms with van der Waals surface area (Å²) in [6.45, 7) is 9.58. The average Bonchev–Trinajstić information content (AvgIpc) is 3.15. The number of amides is 3. The number of hydrogen-bond acceptors (Lipinski definition) is 6. The predicted molar refractivity (Wildman–Crippen MR) is 122 cm³/mol. The smallest absolute Gasteiger partial charge is 0.321 e. The first-order chi connectivity index (χ1) is 15.1. The molecule has 2 aromatic rings. The Labute approximate surface area is 192 Å². The SMILES string of the molecule is C[C@@H](c1nnc(SCC(=O)NC(=O)NC(C)(C)C)n1-c1ccc(F)cc1)N1CCCCC1. The van der Waals surface area contributed by atoms with Crippen LogP contribution < -0.4 is 10.6 Å². The number of carbonyl (C=O) groups excluding carboxylic acids is 2. The molecule has 1 aromatic heterocycles. The van der Waals surface area contributed by atoms with Crippen molar-refractivity contribution in [2.75, 3.05) is 18.8 Å². The normalized spacial score (nSPS) is 15.9. The largest absolute Gasteiger partial charge is 0.333 e. The van der Waals surface area contributed by atoms with Crippen molar-refractivity contribution in [3.63, 3.8) is 0 Å². The lowest BCUT2D eigenvalue weighted by Crippen LogP contribution is -2.48. The number of carbonyl (C=O) groups is 2. The maximum absolute atomic E-state index is 13.5. The van der Waals surface area contributed by atoms with Gasteiger partial charge >= 0.3 is 6.03 Å². The van der Waals surface area contributed by atoms with Crippen molar-refractivity contribution < 1.29 is 14.0 Å². The Bertz CT molecular complexity index is 935. The zero-order valence-electron chi connectivity index (χ0n) is 19.0. The van der Waals surface area contributed by atoms with E-state index in [4.69, 9.17) is 0 Å². The monoisotopic (exact) mass is 462 g/mol. The van der Waals surface area contributed by atoms with Crippen molar-refractivity contribution in [2.45, 2.75) is 63.7 Å². The Hall–Kier alpha value is -2.46. The van der Waals surface area contributed by atoms with E-state index in [1.54, 1.807) is 12.1 Å². The van der Waals surface area contributed by atoms with Gasteiger partial charge in [-0.05, 0) is 77.9 Å². The number of piperidine rings is 1. The summed E-state index contributed by atoms with van der Waals surface area (Å²) < 4.78 is 15.4. The van der Waals surface area contributed by atoms with Gasteiger partial charge < -0.3 is 5.32 Å². The Kier molecular flexibility index (Phi) is 7.89. The molecule has 1 aliphatic rings. The van der Waals surface area contributed by atoms with Crippen LogP contribution in [0, 0.1) is 5.82 Å². The van der Waals surface area contributed by atoms with Crippen LogP contribution in [0.25, 0.3) is 5.69 Å². The molecule has 10 heteroatoms. The van der Waals surface area contributed by atoms with Gasteiger partial charge in [0.05, 0.1) is 11.8 Å². The molecule has 2 heterocycles. The Morgan fingerprint density at radius 3 is 2.41 bits per heavy atom. The third kappa shape index (κ3) is 6.52. The van der Waals surface area contributed by atoms with E-state index in [9.17, 15) is 14.0 Å². The van der Waals surface area contributed by atoms with Crippen molar-refractivity contribution in [2.24, 2.45) is 0 Å². The number of halogens is 1. The summed E-state index contributed by atoms with van der Waals surface area (Å²) in [6.07, 6.45) is 3.52. The highest BCUT2D eigenvalue weighted by Crippen LogP contribution is 2.29. The summed E-state index contributed by atoms with van der Waals surface area (Å²) in [5, 5.41) is 14.3. The van der Waals surface area contributed by atoms with Gasteiger partial charge in [0.15, 0.2) is 11.0 Å². The van der Waals surface area contributed by atoms with Gasteiger partial charge in [-0.15, -0.1) is 10.2 Å². The second-order valence-electron chi connectivity index (χ2n) is 8.97. The molecule has 174 valence electrons. The minimum atomic E-state index is -0.539. The number of urea groups is 1. The maximum Gasteiger partial charge on any atom is 0.321 e. The molecule has 1 saturated heterocycles. The minimum absolute atomic E-state index is 0.00497. The second kappa shape index (κ2) is 10.4. The van der Waals surface area contributed by atoms with Gasteiger partial charge in [-0.1, -0.05) is 18.2 Å². The summed E-state index contributed by atoms with van der Waals surface area (Å²) >= 11 is 1.18. The number of rotatable bonds is 6. The van der Waals surface area contributed by atoms with E-state index in [0.29, 0.717) is 5.16 Å². The van der Waals surface area contributed by atoms with Crippen LogP contribution in [0.3, 0.4) is 0 Å². The number of nitrogens with zero attached hydrogens (tertiary/aromatic N) is 4. The molecular weight excluding hydrogens is 431 g/mol. The summed E-state index contributed by atoms with van der Waals surface area (Å²) in [5.41, 5.74) is 0.281. The Morgan fingerprint density at radius 1 is 1.12 bits per heavy atom. The molecule has 1 atom stereocenters. The summed E-state index contributed by atoms with van der Waals surface area (Å²) in [4.78, 5) is 26.6. The van der Waals surface area contributed by atoms with Crippen LogP contribution in [0.15, 0.2) is 29.4 Å². The van der Waals surface area contributed by atoms with Crippen LogP contribution >= 0.6 is 11.8 Å². The molecular formula is C22H31FN6O2S. The molecule has 0 unspecified atom stereocenters. The molecule has 1 aliphatic heterocycles. The number of imide groups is 1. The molecule has 0 saturated carbocycles. The Balaban J connectivity index is 1.78. The molecule has 2 N–H and O–H groups in total. The third-order valence-corrected chi connectivity index (χ3v) is 6.06. The average molecular weight is 463 g/mol. The molecule has 0 spiro atoms. The highest BCUT2D eigenvalue weighted by Gasteiger charge is 2.26. The zero-order chi connectivity index (χ0) is 23.3. The first kappa shape index (κ1) is 24.2. The number of nitrogens with one attached hydrogen (secondary N) is 2. The van der Waals surface area contributed by atoms with Gasteiger partial charge in [0.2, 0.25) is 5.91 Å². The number of aromatic nitrogens is 3. The van der Waals surface area contributed by atoms with Crippen LogP contribution in [0.1, 0.15) is 58.8 Å². The van der Waals surface area contributed by atoms with Crippen LogP contribution in [0.5, 0.6) is 0 Å². The lowest BCUT2D eigenvalue weighted by atomic mass is 10.1. The summed E-state index contributed by atoms with van der Waals surface area (Å²) in [6, 6.07) is 5.61. The standard InChI is InChI=1S/C22H31FN6O2S/c1-15(28-12-6-5-7-13-28)19-26-27-21(29(19)17-10-8-16(23)9-11-17)32-14-18(30)24-20(31)25-22(2,3)4/h8-11,15H,5-7,12-14H2,1-4H3,(H2,24,25,30,31)/t15-/m0/s1. The number of thioether (sulfide) groups is 1. The van der Waals surface area contributed by atoms with E-state index in [1.165, 1.54) is 30.3 Å². The quantitative estimate of drug-likeness (QED) is 0.637. The fraction of sp³-hybridized carbons (Fsp3) is 0.545. The fourth-order valence-corrected chi connectivity index (χ4v) is 4.37. The molecule has 1 aromatic carbocycles. The first-order valence-corrected chi connectivity index (χ1v) is 11.8. The number of hydrogen-bond donors (Lipinski definition) is 2.